The van der Waals surface area contributed by atoms with Crippen LogP contribution in [0.2, 0.25) is 0 Å². The Labute approximate surface area is 354 Å². The lowest BCUT2D eigenvalue weighted by atomic mass is 9.77. The molecule has 5 aromatic rings. The van der Waals surface area contributed by atoms with Gasteiger partial charge in [-0.3, -0.25) is 0 Å². The quantitative estimate of drug-likeness (QED) is 0.116. The third-order valence-electron chi connectivity index (χ3n) is 13.0. The predicted octanol–water partition coefficient (Wildman–Crippen LogP) is 10.6. The highest BCUT2D eigenvalue weighted by molar-refractivity contribution is 5.82. The molecule has 0 spiro atoms. The zero-order valence-corrected chi connectivity index (χ0v) is 35.3. The third kappa shape index (κ3) is 8.84. The van der Waals surface area contributed by atoms with Crippen LogP contribution < -0.4 is 0 Å². The molecule has 60 heavy (non-hydrogen) atoms. The second-order valence-electron chi connectivity index (χ2n) is 18.0. The van der Waals surface area contributed by atoms with E-state index in [0.717, 1.165) is 28.0 Å². The van der Waals surface area contributed by atoms with Crippen LogP contribution in [0.3, 0.4) is 0 Å². The summed E-state index contributed by atoms with van der Waals surface area (Å²) in [5.41, 5.74) is 1.57. The highest BCUT2D eigenvalue weighted by Gasteiger charge is 2.59. The molecule has 0 aromatic heterocycles. The molecule has 4 aliphatic heterocycles. The first-order valence-electron chi connectivity index (χ1n) is 21.5. The normalized spacial score (nSPS) is 32.7. The smallest absolute Gasteiger partial charge is 0.184 e. The number of benzene rings is 5. The van der Waals surface area contributed by atoms with E-state index in [1.165, 1.54) is 10.8 Å². The van der Waals surface area contributed by atoms with Gasteiger partial charge in [0.05, 0.1) is 62.7 Å². The molecule has 0 amide bonds. The Kier molecular flexibility index (Phi) is 11.7. The van der Waals surface area contributed by atoms with Gasteiger partial charge in [0.2, 0.25) is 0 Å². The van der Waals surface area contributed by atoms with Crippen LogP contribution in [0.25, 0.3) is 10.8 Å². The summed E-state index contributed by atoms with van der Waals surface area (Å²) >= 11 is 0. The SMILES string of the molecule is CC1(COCc2ccccc2)OC(C)(CC2=CC[C@]3(C)O[C@]4(C)COC(c5ccccc5)OC4CC3O2)C(OCc2ccc3ccccc3c2)CC1OCc1ccccc1. The van der Waals surface area contributed by atoms with Crippen molar-refractivity contribution in [2.24, 2.45) is 0 Å². The highest BCUT2D eigenvalue weighted by atomic mass is 16.7. The van der Waals surface area contributed by atoms with Crippen molar-refractivity contribution in [3.8, 4) is 0 Å². The van der Waals surface area contributed by atoms with Crippen molar-refractivity contribution in [2.45, 2.75) is 126 Å². The Bertz CT molecular complexity index is 2230. The lowest BCUT2D eigenvalue weighted by Crippen LogP contribution is -2.66. The summed E-state index contributed by atoms with van der Waals surface area (Å²) < 4.78 is 54.6. The van der Waals surface area contributed by atoms with E-state index in [9.17, 15) is 0 Å². The van der Waals surface area contributed by atoms with Crippen molar-refractivity contribution >= 4 is 10.8 Å². The van der Waals surface area contributed by atoms with Crippen LogP contribution in [0.5, 0.6) is 0 Å². The molecule has 8 nitrogen and oxygen atoms in total. The highest BCUT2D eigenvalue weighted by Crippen LogP contribution is 2.50. The van der Waals surface area contributed by atoms with Crippen molar-refractivity contribution < 1.29 is 37.9 Å². The van der Waals surface area contributed by atoms with Crippen LogP contribution in [0.4, 0.5) is 0 Å². The summed E-state index contributed by atoms with van der Waals surface area (Å²) in [6.45, 7) is 10.7. The van der Waals surface area contributed by atoms with Crippen molar-refractivity contribution in [3.63, 3.8) is 0 Å². The maximum atomic E-state index is 7.43. The van der Waals surface area contributed by atoms with Gasteiger partial charge in [-0.05, 0) is 67.3 Å². The predicted molar refractivity (Wildman–Crippen MR) is 231 cm³/mol. The zero-order valence-electron chi connectivity index (χ0n) is 35.3. The zero-order chi connectivity index (χ0) is 41.2. The average Bonchev–Trinajstić information content (AvgIpc) is 3.26. The molecular formula is C52H58O8. The van der Waals surface area contributed by atoms with Crippen LogP contribution in [0, 0.1) is 0 Å². The molecule has 0 radical (unpaired) electrons. The van der Waals surface area contributed by atoms with Gasteiger partial charge in [0.1, 0.15) is 22.9 Å². The summed E-state index contributed by atoms with van der Waals surface area (Å²) in [7, 11) is 0. The minimum Gasteiger partial charge on any atom is -0.492 e. The van der Waals surface area contributed by atoms with E-state index in [1.807, 2.05) is 66.7 Å². The van der Waals surface area contributed by atoms with Crippen LogP contribution in [-0.4, -0.2) is 60.0 Å². The molecule has 9 atom stereocenters. The van der Waals surface area contributed by atoms with Gasteiger partial charge in [-0.2, -0.15) is 0 Å². The van der Waals surface area contributed by atoms with Crippen LogP contribution in [-0.2, 0) is 57.7 Å². The summed E-state index contributed by atoms with van der Waals surface area (Å²) in [5.74, 6) is 0.870. The van der Waals surface area contributed by atoms with Crippen molar-refractivity contribution in [1.82, 2.24) is 0 Å². The summed E-state index contributed by atoms with van der Waals surface area (Å²) in [5, 5.41) is 2.39. The van der Waals surface area contributed by atoms with E-state index in [2.05, 4.69) is 101 Å². The van der Waals surface area contributed by atoms with Gasteiger partial charge in [0, 0.05) is 31.2 Å². The second kappa shape index (κ2) is 17.2. The van der Waals surface area contributed by atoms with Crippen LogP contribution in [0.1, 0.15) is 81.9 Å². The van der Waals surface area contributed by atoms with Crippen molar-refractivity contribution in [3.05, 3.63) is 168 Å². The second-order valence-corrected chi connectivity index (χ2v) is 18.0. The molecule has 4 heterocycles. The summed E-state index contributed by atoms with van der Waals surface area (Å²) in [6, 6.07) is 45.6. The Balaban J connectivity index is 0.978. The van der Waals surface area contributed by atoms with Gasteiger partial charge in [0.15, 0.2) is 6.29 Å². The Morgan fingerprint density at radius 1 is 0.583 bits per heavy atom. The number of hydrogen-bond donors (Lipinski definition) is 0. The van der Waals surface area contributed by atoms with Gasteiger partial charge in [-0.15, -0.1) is 0 Å². The lowest BCUT2D eigenvalue weighted by molar-refractivity contribution is -0.359. The molecule has 9 rings (SSSR count). The Hall–Kier alpha value is -4.38. The first-order valence-corrected chi connectivity index (χ1v) is 21.5. The number of hydrogen-bond acceptors (Lipinski definition) is 8. The van der Waals surface area contributed by atoms with Gasteiger partial charge >= 0.3 is 0 Å². The molecule has 7 unspecified atom stereocenters. The number of fused-ring (bicyclic) bond motifs is 3. The molecule has 4 aliphatic rings. The molecule has 314 valence electrons. The number of ether oxygens (including phenoxy) is 8. The molecule has 0 bridgehead atoms. The van der Waals surface area contributed by atoms with E-state index in [-0.39, 0.29) is 24.4 Å². The largest absolute Gasteiger partial charge is 0.492 e. The lowest BCUT2D eigenvalue weighted by Gasteiger charge is -2.57. The summed E-state index contributed by atoms with van der Waals surface area (Å²) in [6.07, 6.45) is 3.12. The summed E-state index contributed by atoms with van der Waals surface area (Å²) in [4.78, 5) is 0. The molecule has 0 saturated carbocycles. The minimum atomic E-state index is -0.803. The molecule has 0 aliphatic carbocycles. The first kappa shape index (κ1) is 41.0. The molecule has 0 N–H and O–H groups in total. The molecule has 3 fully saturated rings. The van der Waals surface area contributed by atoms with Crippen LogP contribution in [0.15, 0.2) is 145 Å². The van der Waals surface area contributed by atoms with Crippen LogP contribution >= 0.6 is 0 Å². The molecular weight excluding hydrogens is 753 g/mol. The molecule has 8 heteroatoms. The van der Waals surface area contributed by atoms with Gasteiger partial charge < -0.3 is 37.9 Å². The standard InChI is InChI=1S/C52H58O8/c1-49-27-26-43(57-46(49)30-47-52(4,59-49)36-56-48(58-47)41-21-12-7-13-22-41)31-50(2)44(55-34-39-24-25-40-20-14-15-23-42(40)28-39)29-45(54-33-38-18-10-6-11-19-38)51(3,60-50)35-53-32-37-16-8-5-9-17-37/h5-26,28,44-48H,27,29-36H2,1-4H3/t44?,45?,46?,47?,48?,49-,50?,51?,52+/m0/s1. The average molecular weight is 811 g/mol. The van der Waals surface area contributed by atoms with Crippen molar-refractivity contribution in [1.29, 1.82) is 0 Å². The molecule has 5 aromatic carbocycles. The fourth-order valence-corrected chi connectivity index (χ4v) is 9.61. The maximum absolute atomic E-state index is 7.43. The maximum Gasteiger partial charge on any atom is 0.184 e. The topological polar surface area (TPSA) is 73.8 Å². The van der Waals surface area contributed by atoms with E-state index in [4.69, 9.17) is 37.9 Å². The van der Waals surface area contributed by atoms with E-state index in [0.29, 0.717) is 58.7 Å². The Morgan fingerprint density at radius 3 is 1.95 bits per heavy atom. The molecule has 3 saturated heterocycles. The van der Waals surface area contributed by atoms with Crippen molar-refractivity contribution in [2.75, 3.05) is 13.2 Å². The first-order chi connectivity index (χ1) is 29.1. The fraction of sp³-hybridized carbons (Fsp3) is 0.423. The van der Waals surface area contributed by atoms with Gasteiger partial charge in [0.25, 0.3) is 0 Å². The van der Waals surface area contributed by atoms with Gasteiger partial charge in [-0.25, -0.2) is 0 Å². The Morgan fingerprint density at radius 2 is 1.22 bits per heavy atom. The van der Waals surface area contributed by atoms with E-state index >= 15 is 0 Å². The minimum absolute atomic E-state index is 0.207. The number of rotatable bonds is 13. The van der Waals surface area contributed by atoms with E-state index < -0.39 is 28.7 Å². The fourth-order valence-electron chi connectivity index (χ4n) is 9.61. The monoisotopic (exact) mass is 810 g/mol. The van der Waals surface area contributed by atoms with E-state index in [1.54, 1.807) is 0 Å². The van der Waals surface area contributed by atoms with Gasteiger partial charge in [-0.1, -0.05) is 127 Å². The third-order valence-corrected chi connectivity index (χ3v) is 13.0.